The van der Waals surface area contributed by atoms with Crippen molar-refractivity contribution in [2.45, 2.75) is 24.3 Å². The molecule has 0 bridgehead atoms. The van der Waals surface area contributed by atoms with E-state index in [1.165, 1.54) is 23.9 Å². The van der Waals surface area contributed by atoms with Crippen molar-refractivity contribution in [2.75, 3.05) is 16.4 Å². The number of hydrogen-bond donors (Lipinski definition) is 0. The third-order valence-corrected chi connectivity index (χ3v) is 7.97. The van der Waals surface area contributed by atoms with Gasteiger partial charge in [0.2, 0.25) is 0 Å². The molecule has 0 unspecified atom stereocenters. The van der Waals surface area contributed by atoms with Crippen LogP contribution in [0.3, 0.4) is 0 Å². The van der Waals surface area contributed by atoms with Crippen LogP contribution in [0.1, 0.15) is 6.92 Å². The highest BCUT2D eigenvalue weighted by atomic mass is 32.2. The standard InChI is InChI=1S/C20H19FN2O4S2/c1-13(27-16-8-3-2-4-9-16)19(24)22-20-23(15-7-5-6-14(21)10-15)17-11-29(25,26)12-18(17)28-20/h2-10,13,17-18H,11-12H2,1H3/t13-,17-,18+/m1/s1. The molecule has 3 atom stereocenters. The van der Waals surface area contributed by atoms with E-state index in [4.69, 9.17) is 4.74 Å². The Kier molecular flexibility index (Phi) is 5.35. The summed E-state index contributed by atoms with van der Waals surface area (Å²) in [6.07, 6.45) is -0.816. The van der Waals surface area contributed by atoms with Gasteiger partial charge in [-0.3, -0.25) is 4.79 Å². The zero-order valence-corrected chi connectivity index (χ0v) is 17.2. The number of hydrogen-bond acceptors (Lipinski definition) is 5. The number of carbonyl (C=O) groups excluding carboxylic acids is 1. The Morgan fingerprint density at radius 1 is 1.21 bits per heavy atom. The first-order valence-electron chi connectivity index (χ1n) is 9.08. The normalized spacial score (nSPS) is 25.0. The number of para-hydroxylation sites is 1. The molecule has 2 heterocycles. The fourth-order valence-electron chi connectivity index (χ4n) is 3.43. The molecule has 152 valence electrons. The van der Waals surface area contributed by atoms with Crippen LogP contribution in [0.15, 0.2) is 59.6 Å². The van der Waals surface area contributed by atoms with E-state index in [-0.39, 0.29) is 22.8 Å². The molecule has 2 aromatic carbocycles. The first-order chi connectivity index (χ1) is 13.8. The number of nitrogens with zero attached hydrogens (tertiary/aromatic N) is 2. The van der Waals surface area contributed by atoms with Crippen molar-refractivity contribution in [1.29, 1.82) is 0 Å². The molecular formula is C20H19FN2O4S2. The first-order valence-corrected chi connectivity index (χ1v) is 11.8. The summed E-state index contributed by atoms with van der Waals surface area (Å²) >= 11 is 1.24. The van der Waals surface area contributed by atoms with E-state index >= 15 is 0 Å². The lowest BCUT2D eigenvalue weighted by Gasteiger charge is -2.24. The number of thioether (sulfide) groups is 1. The highest BCUT2D eigenvalue weighted by molar-refractivity contribution is 8.16. The van der Waals surface area contributed by atoms with Crippen molar-refractivity contribution in [3.8, 4) is 5.75 Å². The summed E-state index contributed by atoms with van der Waals surface area (Å²) < 4.78 is 43.6. The van der Waals surface area contributed by atoms with Gasteiger partial charge in [-0.1, -0.05) is 36.0 Å². The number of anilines is 1. The lowest BCUT2D eigenvalue weighted by atomic mass is 10.2. The smallest absolute Gasteiger partial charge is 0.288 e. The molecule has 2 saturated heterocycles. The number of rotatable bonds is 4. The summed E-state index contributed by atoms with van der Waals surface area (Å²) in [6.45, 7) is 1.61. The molecule has 0 aliphatic carbocycles. The minimum absolute atomic E-state index is 0.0113. The zero-order valence-electron chi connectivity index (χ0n) is 15.6. The molecule has 6 nitrogen and oxygen atoms in total. The van der Waals surface area contributed by atoms with Gasteiger partial charge in [-0.15, -0.1) is 0 Å². The minimum Gasteiger partial charge on any atom is -0.481 e. The Morgan fingerprint density at radius 3 is 2.69 bits per heavy atom. The van der Waals surface area contributed by atoms with Gasteiger partial charge in [-0.05, 0) is 37.3 Å². The molecule has 4 rings (SSSR count). The van der Waals surface area contributed by atoms with Crippen molar-refractivity contribution >= 4 is 38.4 Å². The monoisotopic (exact) mass is 434 g/mol. The molecule has 2 aliphatic heterocycles. The van der Waals surface area contributed by atoms with Crippen molar-refractivity contribution in [3.63, 3.8) is 0 Å². The predicted molar refractivity (Wildman–Crippen MR) is 112 cm³/mol. The largest absolute Gasteiger partial charge is 0.481 e. The van der Waals surface area contributed by atoms with Gasteiger partial charge >= 0.3 is 0 Å². The number of benzene rings is 2. The average molecular weight is 435 g/mol. The van der Waals surface area contributed by atoms with Crippen LogP contribution in [0, 0.1) is 5.82 Å². The second-order valence-electron chi connectivity index (χ2n) is 6.96. The highest BCUT2D eigenvalue weighted by Crippen LogP contribution is 2.41. The molecule has 0 N–H and O–H groups in total. The molecule has 1 amide bonds. The number of ether oxygens (including phenoxy) is 1. The van der Waals surface area contributed by atoms with Crippen molar-refractivity contribution in [1.82, 2.24) is 0 Å². The summed E-state index contributed by atoms with van der Waals surface area (Å²) in [5.74, 6) is -0.413. The maximum absolute atomic E-state index is 13.8. The van der Waals surface area contributed by atoms with Crippen LogP contribution in [0.5, 0.6) is 5.75 Å². The molecule has 2 aromatic rings. The number of fused-ring (bicyclic) bond motifs is 1. The van der Waals surface area contributed by atoms with E-state index in [0.717, 1.165) is 0 Å². The van der Waals surface area contributed by atoms with Gasteiger partial charge in [0.25, 0.3) is 5.91 Å². The molecule has 0 spiro atoms. The number of carbonyl (C=O) groups is 1. The lowest BCUT2D eigenvalue weighted by Crippen LogP contribution is -2.38. The Hall–Kier alpha value is -2.39. The van der Waals surface area contributed by atoms with Gasteiger partial charge in [0.05, 0.1) is 17.5 Å². The number of sulfone groups is 1. The highest BCUT2D eigenvalue weighted by Gasteiger charge is 2.49. The van der Waals surface area contributed by atoms with E-state index in [1.54, 1.807) is 48.2 Å². The zero-order chi connectivity index (χ0) is 20.6. The van der Waals surface area contributed by atoms with Crippen LogP contribution >= 0.6 is 11.8 Å². The third kappa shape index (κ3) is 4.30. The van der Waals surface area contributed by atoms with Gasteiger partial charge in [-0.2, -0.15) is 4.99 Å². The summed E-state index contributed by atoms with van der Waals surface area (Å²) in [6, 6.07) is 14.4. The molecule has 2 fully saturated rings. The number of amidine groups is 1. The number of amides is 1. The van der Waals surface area contributed by atoms with Gasteiger partial charge in [0.15, 0.2) is 21.1 Å². The van der Waals surface area contributed by atoms with E-state index < -0.39 is 27.7 Å². The Bertz CT molecular complexity index is 1060. The topological polar surface area (TPSA) is 76.0 Å². The molecule has 0 saturated carbocycles. The van der Waals surface area contributed by atoms with Gasteiger partial charge < -0.3 is 9.64 Å². The van der Waals surface area contributed by atoms with E-state index in [2.05, 4.69) is 4.99 Å². The summed E-state index contributed by atoms with van der Waals surface area (Å²) in [5.41, 5.74) is 0.477. The molecular weight excluding hydrogens is 415 g/mol. The maximum Gasteiger partial charge on any atom is 0.288 e. The maximum atomic E-state index is 13.8. The predicted octanol–water partition coefficient (Wildman–Crippen LogP) is 2.89. The van der Waals surface area contributed by atoms with E-state index in [1.807, 2.05) is 6.07 Å². The Labute approximate surface area is 172 Å². The van der Waals surface area contributed by atoms with Crippen molar-refractivity contribution in [3.05, 3.63) is 60.4 Å². The summed E-state index contributed by atoms with van der Waals surface area (Å²) in [5, 5.41) is 0.120. The molecule has 0 aromatic heterocycles. The van der Waals surface area contributed by atoms with Crippen LogP contribution in [-0.2, 0) is 14.6 Å². The SMILES string of the molecule is C[C@@H](Oc1ccccc1)C(=O)N=C1S[C@H]2CS(=O)(=O)C[C@H]2N1c1cccc(F)c1. The van der Waals surface area contributed by atoms with Crippen LogP contribution < -0.4 is 9.64 Å². The Morgan fingerprint density at radius 2 is 1.97 bits per heavy atom. The van der Waals surface area contributed by atoms with E-state index in [0.29, 0.717) is 16.6 Å². The fraction of sp³-hybridized carbons (Fsp3) is 0.300. The van der Waals surface area contributed by atoms with Crippen LogP contribution in [0.4, 0.5) is 10.1 Å². The van der Waals surface area contributed by atoms with Crippen LogP contribution in [0.2, 0.25) is 0 Å². The number of aliphatic imine (C=N–C) groups is 1. The summed E-state index contributed by atoms with van der Waals surface area (Å²) in [7, 11) is -3.19. The van der Waals surface area contributed by atoms with Crippen LogP contribution in [0.25, 0.3) is 0 Å². The quantitative estimate of drug-likeness (QED) is 0.737. The molecule has 0 radical (unpaired) electrons. The number of halogens is 1. The third-order valence-electron chi connectivity index (χ3n) is 4.76. The van der Waals surface area contributed by atoms with Gasteiger partial charge in [0, 0.05) is 10.9 Å². The average Bonchev–Trinajstić information content (AvgIpc) is 3.13. The fourth-order valence-corrected chi connectivity index (χ4v) is 7.35. The Balaban J connectivity index is 1.61. The van der Waals surface area contributed by atoms with Crippen molar-refractivity contribution < 1.29 is 22.3 Å². The minimum atomic E-state index is -3.19. The second kappa shape index (κ2) is 7.79. The molecule has 29 heavy (non-hydrogen) atoms. The second-order valence-corrected chi connectivity index (χ2v) is 10.3. The first kappa shape index (κ1) is 19.9. The van der Waals surface area contributed by atoms with Crippen LogP contribution in [-0.4, -0.2) is 48.4 Å². The molecule has 9 heteroatoms. The van der Waals surface area contributed by atoms with E-state index in [9.17, 15) is 17.6 Å². The van der Waals surface area contributed by atoms with Crippen molar-refractivity contribution in [2.24, 2.45) is 4.99 Å². The summed E-state index contributed by atoms with van der Waals surface area (Å²) in [4.78, 5) is 18.5. The van der Waals surface area contributed by atoms with Gasteiger partial charge in [0.1, 0.15) is 11.6 Å². The molecule has 2 aliphatic rings. The lowest BCUT2D eigenvalue weighted by molar-refractivity contribution is -0.123. The van der Waals surface area contributed by atoms with Gasteiger partial charge in [-0.25, -0.2) is 12.8 Å².